The van der Waals surface area contributed by atoms with E-state index in [1.165, 1.54) is 12.8 Å². The first-order chi connectivity index (χ1) is 9.58. The zero-order valence-electron chi connectivity index (χ0n) is 12.4. The van der Waals surface area contributed by atoms with E-state index in [1.54, 1.807) is 4.31 Å². The smallest absolute Gasteiger partial charge is 0.214 e. The molecule has 3 rings (SSSR count). The average molecular weight is 298 g/mol. The predicted molar refractivity (Wildman–Crippen MR) is 80.9 cm³/mol. The Kier molecular flexibility index (Phi) is 4.20. The largest absolute Gasteiger partial charge is 0.300 e. The van der Waals surface area contributed by atoms with Crippen molar-refractivity contribution in [2.75, 3.05) is 38.5 Å². The van der Waals surface area contributed by atoms with E-state index in [1.807, 2.05) is 6.92 Å². The molecule has 0 amide bonds. The molecule has 1 saturated heterocycles. The lowest BCUT2D eigenvalue weighted by atomic mass is 9.93. The van der Waals surface area contributed by atoms with Crippen molar-refractivity contribution in [1.29, 1.82) is 0 Å². The summed E-state index contributed by atoms with van der Waals surface area (Å²) in [5, 5.41) is 0. The number of hydrogen-bond acceptors (Lipinski definition) is 3. The Labute approximate surface area is 122 Å². The first-order valence-electron chi connectivity index (χ1n) is 7.97. The third kappa shape index (κ3) is 2.95. The van der Waals surface area contributed by atoms with Crippen LogP contribution in [0.15, 0.2) is 12.2 Å². The SMILES string of the molecule is CCCS(=O)(=O)N1CCN(C[C@H]2C[C@@H]3C=C[C@H]2C3)CC1. The van der Waals surface area contributed by atoms with Gasteiger partial charge in [0.05, 0.1) is 5.75 Å². The molecule has 0 N–H and O–H groups in total. The minimum absolute atomic E-state index is 0.296. The monoisotopic (exact) mass is 298 g/mol. The number of rotatable bonds is 5. The molecule has 3 atom stereocenters. The number of sulfonamides is 1. The molecule has 5 heteroatoms. The van der Waals surface area contributed by atoms with Gasteiger partial charge in [-0.25, -0.2) is 8.42 Å². The minimum Gasteiger partial charge on any atom is -0.300 e. The van der Waals surface area contributed by atoms with E-state index in [4.69, 9.17) is 0 Å². The second kappa shape index (κ2) is 5.78. The maximum atomic E-state index is 12.0. The van der Waals surface area contributed by atoms with Crippen LogP contribution in [0, 0.1) is 17.8 Å². The van der Waals surface area contributed by atoms with Crippen LogP contribution >= 0.6 is 0 Å². The van der Waals surface area contributed by atoms with Crippen LogP contribution in [0.3, 0.4) is 0 Å². The fourth-order valence-electron chi connectivity index (χ4n) is 4.01. The molecular formula is C15H26N2O2S. The van der Waals surface area contributed by atoms with E-state index in [-0.39, 0.29) is 0 Å². The lowest BCUT2D eigenvalue weighted by molar-refractivity contribution is 0.156. The standard InChI is InChI=1S/C15H26N2O2S/c1-2-9-20(18,19)17-7-5-16(6-8-17)12-15-11-13-3-4-14(15)10-13/h3-4,13-15H,2,5-12H2,1H3/t13-,14+,15-/m1/s1. The van der Waals surface area contributed by atoms with Gasteiger partial charge in [-0.1, -0.05) is 19.1 Å². The summed E-state index contributed by atoms with van der Waals surface area (Å²) in [4.78, 5) is 2.47. The summed E-state index contributed by atoms with van der Waals surface area (Å²) in [6, 6.07) is 0. The highest BCUT2D eigenvalue weighted by molar-refractivity contribution is 7.89. The van der Waals surface area contributed by atoms with Crippen LogP contribution in [-0.2, 0) is 10.0 Å². The number of piperazine rings is 1. The van der Waals surface area contributed by atoms with Gasteiger partial charge < -0.3 is 4.90 Å². The highest BCUT2D eigenvalue weighted by Crippen LogP contribution is 2.43. The zero-order chi connectivity index (χ0) is 14.2. The average Bonchev–Trinajstić information content (AvgIpc) is 3.01. The Morgan fingerprint density at radius 1 is 1.10 bits per heavy atom. The van der Waals surface area contributed by atoms with Crippen LogP contribution in [0.2, 0.25) is 0 Å². The van der Waals surface area contributed by atoms with Crippen molar-refractivity contribution >= 4 is 10.0 Å². The molecule has 0 aromatic carbocycles. The summed E-state index contributed by atoms with van der Waals surface area (Å²) >= 11 is 0. The van der Waals surface area contributed by atoms with E-state index in [0.29, 0.717) is 25.3 Å². The summed E-state index contributed by atoms with van der Waals surface area (Å²) in [7, 11) is -3.00. The molecule has 0 spiro atoms. The minimum atomic E-state index is -3.00. The van der Waals surface area contributed by atoms with Crippen LogP contribution in [-0.4, -0.2) is 56.1 Å². The summed E-state index contributed by atoms with van der Waals surface area (Å²) < 4.78 is 25.8. The molecular weight excluding hydrogens is 272 g/mol. The fraction of sp³-hybridized carbons (Fsp3) is 0.867. The van der Waals surface area contributed by atoms with Gasteiger partial charge in [0.1, 0.15) is 0 Å². The van der Waals surface area contributed by atoms with Gasteiger partial charge in [0.2, 0.25) is 10.0 Å². The first-order valence-corrected chi connectivity index (χ1v) is 9.58. The predicted octanol–water partition coefficient (Wildman–Crippen LogP) is 1.56. The summed E-state index contributed by atoms with van der Waals surface area (Å²) in [6.07, 6.45) is 8.20. The zero-order valence-corrected chi connectivity index (χ0v) is 13.2. The van der Waals surface area contributed by atoms with Crippen molar-refractivity contribution in [3.05, 3.63) is 12.2 Å². The van der Waals surface area contributed by atoms with Crippen LogP contribution < -0.4 is 0 Å². The third-order valence-corrected chi connectivity index (χ3v) is 7.17. The highest BCUT2D eigenvalue weighted by Gasteiger charge is 2.37. The Morgan fingerprint density at radius 2 is 1.85 bits per heavy atom. The number of hydrogen-bond donors (Lipinski definition) is 0. The Bertz CT molecular complexity index is 466. The van der Waals surface area contributed by atoms with Crippen LogP contribution in [0.4, 0.5) is 0 Å². The molecule has 1 aliphatic heterocycles. The van der Waals surface area contributed by atoms with Crippen molar-refractivity contribution in [3.63, 3.8) is 0 Å². The number of nitrogens with zero attached hydrogens (tertiary/aromatic N) is 2. The van der Waals surface area contributed by atoms with Gasteiger partial charge in [0.15, 0.2) is 0 Å². The maximum Gasteiger partial charge on any atom is 0.214 e. The number of allylic oxidation sites excluding steroid dienone is 2. The lowest BCUT2D eigenvalue weighted by Gasteiger charge is -2.36. The van der Waals surface area contributed by atoms with Gasteiger partial charge in [0, 0.05) is 32.7 Å². The third-order valence-electron chi connectivity index (χ3n) is 5.10. The molecule has 1 saturated carbocycles. The van der Waals surface area contributed by atoms with E-state index in [2.05, 4.69) is 17.1 Å². The Hall–Kier alpha value is -0.390. The molecule has 2 fully saturated rings. The molecule has 2 aliphatic carbocycles. The molecule has 3 aliphatic rings. The molecule has 2 bridgehead atoms. The van der Waals surface area contributed by atoms with Crippen molar-refractivity contribution in [1.82, 2.24) is 9.21 Å². The summed E-state index contributed by atoms with van der Waals surface area (Å²) in [6.45, 7) is 6.25. The first kappa shape index (κ1) is 14.5. The topological polar surface area (TPSA) is 40.6 Å². The molecule has 114 valence electrons. The van der Waals surface area contributed by atoms with E-state index >= 15 is 0 Å². The number of fused-ring (bicyclic) bond motifs is 2. The summed E-state index contributed by atoms with van der Waals surface area (Å²) in [5.74, 6) is 2.73. The van der Waals surface area contributed by atoms with Gasteiger partial charge >= 0.3 is 0 Å². The highest BCUT2D eigenvalue weighted by atomic mass is 32.2. The van der Waals surface area contributed by atoms with Crippen LogP contribution in [0.1, 0.15) is 26.2 Å². The van der Waals surface area contributed by atoms with E-state index in [0.717, 1.165) is 37.4 Å². The molecule has 4 nitrogen and oxygen atoms in total. The molecule has 0 aromatic rings. The second-order valence-electron chi connectivity index (χ2n) is 6.56. The normalized spacial score (nSPS) is 35.0. The van der Waals surface area contributed by atoms with E-state index < -0.39 is 10.0 Å². The van der Waals surface area contributed by atoms with Gasteiger partial charge in [-0.2, -0.15) is 4.31 Å². The van der Waals surface area contributed by atoms with Crippen molar-refractivity contribution < 1.29 is 8.42 Å². The molecule has 0 aromatic heterocycles. The quantitative estimate of drug-likeness (QED) is 0.723. The second-order valence-corrected chi connectivity index (χ2v) is 8.64. The van der Waals surface area contributed by atoms with Crippen molar-refractivity contribution in [2.24, 2.45) is 17.8 Å². The maximum absolute atomic E-state index is 12.0. The van der Waals surface area contributed by atoms with Gasteiger partial charge in [-0.15, -0.1) is 0 Å². The van der Waals surface area contributed by atoms with Crippen LogP contribution in [0.5, 0.6) is 0 Å². The lowest BCUT2D eigenvalue weighted by Crippen LogP contribution is -2.50. The van der Waals surface area contributed by atoms with E-state index in [9.17, 15) is 8.42 Å². The molecule has 1 heterocycles. The van der Waals surface area contributed by atoms with Crippen LogP contribution in [0.25, 0.3) is 0 Å². The van der Waals surface area contributed by atoms with Crippen molar-refractivity contribution in [2.45, 2.75) is 26.2 Å². The van der Waals surface area contributed by atoms with Crippen molar-refractivity contribution in [3.8, 4) is 0 Å². The van der Waals surface area contributed by atoms with Gasteiger partial charge in [0.25, 0.3) is 0 Å². The molecule has 0 radical (unpaired) electrons. The Balaban J connectivity index is 1.48. The molecule has 0 unspecified atom stereocenters. The van der Waals surface area contributed by atoms with Gasteiger partial charge in [-0.05, 0) is 37.0 Å². The van der Waals surface area contributed by atoms with Gasteiger partial charge in [-0.3, -0.25) is 0 Å². The Morgan fingerprint density at radius 3 is 2.40 bits per heavy atom. The fourth-order valence-corrected chi connectivity index (χ4v) is 5.51. The summed E-state index contributed by atoms with van der Waals surface area (Å²) in [5.41, 5.74) is 0. The molecule has 20 heavy (non-hydrogen) atoms.